The minimum atomic E-state index is -0.796. The van der Waals surface area contributed by atoms with Crippen LogP contribution in [0.1, 0.15) is 6.92 Å². The Balaban J connectivity index is 5.24. The summed E-state index contributed by atoms with van der Waals surface area (Å²) in [5.41, 5.74) is 5.27. The number of nitrogens with zero attached hydrogens (tertiary/aromatic N) is 1. The van der Waals surface area contributed by atoms with Crippen molar-refractivity contribution in [2.45, 2.75) is 6.92 Å². The fourth-order valence-corrected chi connectivity index (χ4v) is 0.716. The molecule has 0 saturated carbocycles. The number of aliphatic hydroxyl groups excluding tert-OH is 1. The third-order valence-electron chi connectivity index (χ3n) is 1.17. The van der Waals surface area contributed by atoms with Gasteiger partial charge in [0.1, 0.15) is 0 Å². The van der Waals surface area contributed by atoms with Gasteiger partial charge in [0.15, 0.2) is 5.71 Å². The van der Waals surface area contributed by atoms with Gasteiger partial charge in [-0.15, -0.1) is 0 Å². The van der Waals surface area contributed by atoms with E-state index in [9.17, 15) is 4.79 Å². The molecule has 0 atom stereocenters. The van der Waals surface area contributed by atoms with Crippen molar-refractivity contribution >= 4 is 23.3 Å². The number of nitrogens with two attached hydrogens (primary N) is 1. The van der Waals surface area contributed by atoms with Crippen LogP contribution in [-0.2, 0) is 9.53 Å². The highest BCUT2D eigenvalue weighted by molar-refractivity contribution is 6.58. The van der Waals surface area contributed by atoms with Gasteiger partial charge in [0, 0.05) is 5.70 Å². The van der Waals surface area contributed by atoms with Gasteiger partial charge in [-0.05, 0) is 13.5 Å². The number of carbonyl (C=O) groups excluding carboxylic acids is 1. The maximum Gasteiger partial charge on any atom is 0.358 e. The van der Waals surface area contributed by atoms with Crippen molar-refractivity contribution in [1.82, 2.24) is 0 Å². The van der Waals surface area contributed by atoms with Crippen LogP contribution in [0.5, 0.6) is 0 Å². The smallest absolute Gasteiger partial charge is 0.358 e. The van der Waals surface area contributed by atoms with Crippen LogP contribution in [0.4, 0.5) is 0 Å². The molecule has 78 valence electrons. The molecule has 0 aromatic carbocycles. The zero-order valence-electron chi connectivity index (χ0n) is 7.87. The molecular weight excluding hydrogens is 208 g/mol. The van der Waals surface area contributed by atoms with E-state index in [4.69, 9.17) is 22.4 Å². The molecule has 0 aliphatic carbocycles. The molecule has 0 saturated heterocycles. The third kappa shape index (κ3) is 3.49. The van der Waals surface area contributed by atoms with Gasteiger partial charge < -0.3 is 15.6 Å². The lowest BCUT2D eigenvalue weighted by Gasteiger charge is -2.03. The first-order valence-corrected chi connectivity index (χ1v) is 3.95. The number of hydrogen-bond donors (Lipinski definition) is 2. The fourth-order valence-electron chi connectivity index (χ4n) is 0.597. The van der Waals surface area contributed by atoms with Crippen LogP contribution in [0.25, 0.3) is 0 Å². The lowest BCUT2D eigenvalue weighted by molar-refractivity contribution is -0.132. The molecule has 0 radical (unpaired) electrons. The normalized spacial score (nSPS) is 13.2. The SMILES string of the molecule is C=C(O)N=C(C(=O)OC)/C(Cl)=C(/C)N. The lowest BCUT2D eigenvalue weighted by Crippen LogP contribution is -2.18. The molecule has 0 aliphatic rings. The van der Waals surface area contributed by atoms with E-state index in [-0.39, 0.29) is 16.4 Å². The predicted molar refractivity (Wildman–Crippen MR) is 54.0 cm³/mol. The molecule has 0 aliphatic heterocycles. The van der Waals surface area contributed by atoms with Crippen LogP contribution in [0.2, 0.25) is 0 Å². The molecular formula is C8H11ClN2O3. The summed E-state index contributed by atoms with van der Waals surface area (Å²) in [5.74, 6) is -1.35. The molecule has 0 fully saturated rings. The largest absolute Gasteiger partial charge is 0.494 e. The molecule has 6 heteroatoms. The number of esters is 1. The summed E-state index contributed by atoms with van der Waals surface area (Å²) in [7, 11) is 1.16. The van der Waals surface area contributed by atoms with E-state index >= 15 is 0 Å². The molecule has 0 spiro atoms. The second-order valence-electron chi connectivity index (χ2n) is 2.37. The highest BCUT2D eigenvalue weighted by atomic mass is 35.5. The summed E-state index contributed by atoms with van der Waals surface area (Å²) in [6, 6.07) is 0. The average molecular weight is 219 g/mol. The Labute approximate surface area is 86.5 Å². The number of hydrogen-bond acceptors (Lipinski definition) is 5. The van der Waals surface area contributed by atoms with E-state index < -0.39 is 11.9 Å². The van der Waals surface area contributed by atoms with Crippen molar-refractivity contribution in [3.8, 4) is 0 Å². The summed E-state index contributed by atoms with van der Waals surface area (Å²) in [4.78, 5) is 14.5. The first-order valence-electron chi connectivity index (χ1n) is 3.57. The molecule has 0 bridgehead atoms. The van der Waals surface area contributed by atoms with E-state index in [0.29, 0.717) is 0 Å². The van der Waals surface area contributed by atoms with Gasteiger partial charge in [0.2, 0.25) is 5.88 Å². The van der Waals surface area contributed by atoms with Gasteiger partial charge in [-0.3, -0.25) is 0 Å². The van der Waals surface area contributed by atoms with Gasteiger partial charge >= 0.3 is 5.97 Å². The second-order valence-corrected chi connectivity index (χ2v) is 2.74. The van der Waals surface area contributed by atoms with E-state index in [1.54, 1.807) is 0 Å². The van der Waals surface area contributed by atoms with E-state index in [2.05, 4.69) is 16.3 Å². The Kier molecular flexibility index (Phi) is 4.72. The van der Waals surface area contributed by atoms with E-state index in [1.807, 2.05) is 0 Å². The second kappa shape index (κ2) is 5.29. The molecule has 5 nitrogen and oxygen atoms in total. The number of halogens is 1. The number of allylic oxidation sites excluding steroid dienone is 1. The van der Waals surface area contributed by atoms with Crippen LogP contribution >= 0.6 is 11.6 Å². The lowest BCUT2D eigenvalue weighted by atomic mass is 10.3. The van der Waals surface area contributed by atoms with Crippen LogP contribution in [0.3, 0.4) is 0 Å². The topological polar surface area (TPSA) is 84.9 Å². The van der Waals surface area contributed by atoms with Gasteiger partial charge in [0.25, 0.3) is 0 Å². The molecule has 0 aromatic rings. The molecule has 0 aromatic heterocycles. The van der Waals surface area contributed by atoms with Crippen molar-refractivity contribution in [3.63, 3.8) is 0 Å². The molecule has 0 heterocycles. The number of methoxy groups -OCH3 is 1. The predicted octanol–water partition coefficient (Wildman–Crippen LogP) is 1.06. The van der Waals surface area contributed by atoms with Crippen molar-refractivity contribution in [3.05, 3.63) is 23.2 Å². The Hall–Kier alpha value is -1.49. The number of carbonyl (C=O) groups is 1. The van der Waals surface area contributed by atoms with Crippen molar-refractivity contribution in [2.24, 2.45) is 10.7 Å². The first kappa shape index (κ1) is 12.5. The first-order chi connectivity index (χ1) is 6.40. The minimum Gasteiger partial charge on any atom is -0.494 e. The Bertz CT molecular complexity index is 317. The Morgan fingerprint density at radius 2 is 2.14 bits per heavy atom. The number of rotatable bonds is 3. The monoisotopic (exact) mass is 218 g/mol. The number of ether oxygens (including phenoxy) is 1. The van der Waals surface area contributed by atoms with Crippen LogP contribution in [0, 0.1) is 0 Å². The van der Waals surface area contributed by atoms with Crippen molar-refractivity contribution < 1.29 is 14.6 Å². The zero-order chi connectivity index (χ0) is 11.3. The van der Waals surface area contributed by atoms with Crippen LogP contribution < -0.4 is 5.73 Å². The fraction of sp³-hybridized carbons (Fsp3) is 0.250. The molecule has 0 rings (SSSR count). The minimum absolute atomic E-state index is 0.0768. The zero-order valence-corrected chi connectivity index (χ0v) is 8.63. The number of aliphatic hydroxyl groups is 1. The van der Waals surface area contributed by atoms with Gasteiger partial charge in [-0.2, -0.15) is 0 Å². The standard InChI is InChI=1S/C8H11ClN2O3/c1-4(10)6(9)7(8(13)14-3)11-5(2)12/h12H,2,10H2,1,3H3/b6-4+,11-7?. The average Bonchev–Trinajstić information content (AvgIpc) is 2.11. The van der Waals surface area contributed by atoms with Gasteiger partial charge in [0.05, 0.1) is 12.1 Å². The summed E-state index contributed by atoms with van der Waals surface area (Å²) in [5, 5.41) is 8.71. The van der Waals surface area contributed by atoms with Crippen LogP contribution in [0.15, 0.2) is 28.2 Å². The van der Waals surface area contributed by atoms with E-state index in [1.165, 1.54) is 6.92 Å². The van der Waals surface area contributed by atoms with E-state index in [0.717, 1.165) is 7.11 Å². The highest BCUT2D eigenvalue weighted by Gasteiger charge is 2.17. The maximum atomic E-state index is 11.1. The quantitative estimate of drug-likeness (QED) is 0.421. The summed E-state index contributed by atoms with van der Waals surface area (Å²) in [6.07, 6.45) is 0. The summed E-state index contributed by atoms with van der Waals surface area (Å²) in [6.45, 7) is 4.58. The van der Waals surface area contributed by atoms with Crippen molar-refractivity contribution in [2.75, 3.05) is 7.11 Å². The van der Waals surface area contributed by atoms with Crippen molar-refractivity contribution in [1.29, 1.82) is 0 Å². The molecule has 0 unspecified atom stereocenters. The van der Waals surface area contributed by atoms with Gasteiger partial charge in [-0.25, -0.2) is 9.79 Å². The molecule has 0 amide bonds. The highest BCUT2D eigenvalue weighted by Crippen LogP contribution is 2.10. The van der Waals surface area contributed by atoms with Crippen LogP contribution in [-0.4, -0.2) is 23.9 Å². The third-order valence-corrected chi connectivity index (χ3v) is 1.65. The Morgan fingerprint density at radius 3 is 2.43 bits per heavy atom. The molecule has 14 heavy (non-hydrogen) atoms. The molecule has 3 N–H and O–H groups in total. The maximum absolute atomic E-state index is 11.1. The van der Waals surface area contributed by atoms with Gasteiger partial charge in [-0.1, -0.05) is 11.6 Å². The Morgan fingerprint density at radius 1 is 1.64 bits per heavy atom. The number of aliphatic imine (C=N–C) groups is 1. The summed E-state index contributed by atoms with van der Waals surface area (Å²) < 4.78 is 4.39. The summed E-state index contributed by atoms with van der Waals surface area (Å²) >= 11 is 5.67.